The van der Waals surface area contributed by atoms with E-state index in [2.05, 4.69) is 9.84 Å². The number of methoxy groups -OCH3 is 2. The van der Waals surface area contributed by atoms with Crippen LogP contribution in [0.25, 0.3) is 11.1 Å². The largest absolute Gasteiger partial charge is 0.497 e. The van der Waals surface area contributed by atoms with Gasteiger partial charge >= 0.3 is 12.1 Å². The molecule has 0 fully saturated rings. The maximum absolute atomic E-state index is 14.4. The average Bonchev–Trinajstić information content (AvgIpc) is 3.29. The summed E-state index contributed by atoms with van der Waals surface area (Å²) < 4.78 is 65.6. The van der Waals surface area contributed by atoms with Gasteiger partial charge in [0.25, 0.3) is 0 Å². The van der Waals surface area contributed by atoms with Crippen molar-refractivity contribution in [1.29, 1.82) is 5.26 Å². The van der Waals surface area contributed by atoms with Crippen LogP contribution in [0.15, 0.2) is 65.8 Å². The van der Waals surface area contributed by atoms with Crippen LogP contribution in [0.1, 0.15) is 29.5 Å². The second-order valence-corrected chi connectivity index (χ2v) is 9.47. The Morgan fingerprint density at radius 3 is 2.40 bits per heavy atom. The fraction of sp³-hybridized carbons (Fsp3) is 0.300. The first-order valence-corrected chi connectivity index (χ1v) is 12.5. The van der Waals surface area contributed by atoms with Gasteiger partial charge in [-0.25, -0.2) is 4.39 Å². The Hall–Kier alpha value is -4.39. The van der Waals surface area contributed by atoms with Gasteiger partial charge in [-0.2, -0.15) is 23.5 Å². The highest BCUT2D eigenvalue weighted by Crippen LogP contribution is 2.38. The molecular weight excluding hydrogens is 526 g/mol. The molecule has 0 aromatic heterocycles. The summed E-state index contributed by atoms with van der Waals surface area (Å²) in [5.41, 5.74) is 3.25. The van der Waals surface area contributed by atoms with Gasteiger partial charge in [0.2, 0.25) is 0 Å². The third-order valence-electron chi connectivity index (χ3n) is 6.97. The molecule has 1 aliphatic rings. The number of hydrogen-bond acceptors (Lipinski definition) is 6. The number of esters is 1. The number of carbonyl (C=O) groups excluding carboxylic acids is 1. The van der Waals surface area contributed by atoms with Crippen molar-refractivity contribution in [1.82, 2.24) is 0 Å². The van der Waals surface area contributed by atoms with E-state index in [0.717, 1.165) is 28.8 Å². The van der Waals surface area contributed by atoms with Crippen molar-refractivity contribution in [2.24, 2.45) is 11.0 Å². The molecule has 0 N–H and O–H groups in total. The number of nitrogens with zero attached hydrogens (tertiary/aromatic N) is 3. The summed E-state index contributed by atoms with van der Waals surface area (Å²) in [7, 11) is 2.68. The van der Waals surface area contributed by atoms with Gasteiger partial charge in [0.05, 0.1) is 38.4 Å². The van der Waals surface area contributed by atoms with Gasteiger partial charge in [-0.05, 0) is 65.9 Å². The van der Waals surface area contributed by atoms with Crippen molar-refractivity contribution in [3.63, 3.8) is 0 Å². The molecule has 208 valence electrons. The molecule has 0 radical (unpaired) electrons. The minimum absolute atomic E-state index is 0.354. The smallest absolute Gasteiger partial charge is 0.431 e. The molecule has 4 rings (SSSR count). The van der Waals surface area contributed by atoms with Crippen LogP contribution < -0.4 is 9.75 Å². The molecule has 0 aliphatic carbocycles. The predicted molar refractivity (Wildman–Crippen MR) is 142 cm³/mol. The number of ether oxygens (including phenoxy) is 2. The lowest BCUT2D eigenvalue weighted by atomic mass is 9.90. The van der Waals surface area contributed by atoms with Crippen LogP contribution in [0.5, 0.6) is 5.75 Å². The number of rotatable bonds is 8. The van der Waals surface area contributed by atoms with Crippen molar-refractivity contribution < 1.29 is 31.8 Å². The number of carbonyl (C=O) groups is 1. The lowest BCUT2D eigenvalue weighted by molar-refractivity contribution is -0.141. The zero-order valence-corrected chi connectivity index (χ0v) is 22.1. The van der Waals surface area contributed by atoms with E-state index >= 15 is 0 Å². The Morgan fingerprint density at radius 2 is 1.80 bits per heavy atom. The topological polar surface area (TPSA) is 74.9 Å². The van der Waals surface area contributed by atoms with E-state index in [1.807, 2.05) is 25.1 Å². The zero-order chi connectivity index (χ0) is 29.0. The maximum atomic E-state index is 14.4. The summed E-state index contributed by atoms with van der Waals surface area (Å²) in [4.78, 5) is 12.0. The SMILES string of the molecule is COC(=O)C[C@H]1[C@H](CC#N)C(C(F)(F)F)=NN1c1ccc(Cc2ccc(-c3cc(OC)ccc3F)cc2C)cc1. The number of hydrogen-bond donors (Lipinski definition) is 0. The lowest BCUT2D eigenvalue weighted by Crippen LogP contribution is -2.38. The van der Waals surface area contributed by atoms with E-state index in [-0.39, 0.29) is 12.2 Å². The molecule has 0 spiro atoms. The Balaban J connectivity index is 1.58. The molecule has 3 aromatic carbocycles. The van der Waals surface area contributed by atoms with Crippen LogP contribution in [-0.4, -0.2) is 38.1 Å². The van der Waals surface area contributed by atoms with E-state index in [9.17, 15) is 22.4 Å². The molecule has 3 aromatic rings. The van der Waals surface area contributed by atoms with E-state index in [1.54, 1.807) is 42.5 Å². The molecule has 1 heterocycles. The predicted octanol–water partition coefficient (Wildman–Crippen LogP) is 6.60. The molecule has 10 heteroatoms. The van der Waals surface area contributed by atoms with Crippen LogP contribution in [0.4, 0.5) is 23.2 Å². The second kappa shape index (κ2) is 11.8. The minimum Gasteiger partial charge on any atom is -0.497 e. The normalized spacial score (nSPS) is 16.9. The van der Waals surface area contributed by atoms with Crippen LogP contribution in [0.3, 0.4) is 0 Å². The molecule has 40 heavy (non-hydrogen) atoms. The Kier molecular flexibility index (Phi) is 8.43. The van der Waals surface area contributed by atoms with Gasteiger partial charge < -0.3 is 9.47 Å². The van der Waals surface area contributed by atoms with Crippen LogP contribution in [0, 0.1) is 30.0 Å². The summed E-state index contributed by atoms with van der Waals surface area (Å²) in [6.07, 6.45) is -5.01. The van der Waals surface area contributed by atoms with Gasteiger partial charge in [-0.1, -0.05) is 30.3 Å². The van der Waals surface area contributed by atoms with E-state index in [0.29, 0.717) is 29.0 Å². The fourth-order valence-electron chi connectivity index (χ4n) is 4.85. The highest BCUT2D eigenvalue weighted by Gasteiger charge is 2.50. The van der Waals surface area contributed by atoms with E-state index in [1.165, 1.54) is 13.2 Å². The molecule has 0 saturated heterocycles. The van der Waals surface area contributed by atoms with Crippen molar-refractivity contribution in [2.45, 2.75) is 38.4 Å². The Morgan fingerprint density at radius 1 is 1.07 bits per heavy atom. The van der Waals surface area contributed by atoms with E-state index in [4.69, 9.17) is 10.00 Å². The van der Waals surface area contributed by atoms with Crippen LogP contribution >= 0.6 is 0 Å². The van der Waals surface area contributed by atoms with Gasteiger partial charge in [-0.3, -0.25) is 9.80 Å². The average molecular weight is 554 g/mol. The third-order valence-corrected chi connectivity index (χ3v) is 6.97. The molecule has 0 unspecified atom stereocenters. The molecule has 6 nitrogen and oxygen atoms in total. The zero-order valence-electron chi connectivity index (χ0n) is 22.1. The molecule has 0 amide bonds. The number of hydrazone groups is 1. The molecule has 1 aliphatic heterocycles. The number of aryl methyl sites for hydroxylation is 1. The van der Waals surface area contributed by atoms with Crippen molar-refractivity contribution in [3.05, 3.63) is 83.2 Å². The summed E-state index contributed by atoms with van der Waals surface area (Å²) in [5, 5.41) is 14.1. The number of anilines is 1. The lowest BCUT2D eigenvalue weighted by Gasteiger charge is -2.26. The van der Waals surface area contributed by atoms with Crippen molar-refractivity contribution in [3.8, 4) is 22.9 Å². The third kappa shape index (κ3) is 6.09. The summed E-state index contributed by atoms with van der Waals surface area (Å²) >= 11 is 0. The first-order chi connectivity index (χ1) is 19.0. The molecule has 0 bridgehead atoms. The van der Waals surface area contributed by atoms with Gasteiger partial charge in [-0.15, -0.1) is 0 Å². The van der Waals surface area contributed by atoms with Crippen LogP contribution in [0.2, 0.25) is 0 Å². The van der Waals surface area contributed by atoms with E-state index < -0.39 is 36.2 Å². The standard InChI is InChI=1S/C30H27F4N3O3/c1-18-14-21(25-16-23(39-2)10-11-26(25)31)7-6-20(18)15-19-4-8-22(9-5-19)37-27(17-28(38)40-3)24(12-13-35)29(36-37)30(32,33)34/h4-11,14,16,24,27H,12,15,17H2,1-3H3/t24-,27-/m0/s1. The Labute approximate surface area is 229 Å². The van der Waals surface area contributed by atoms with Crippen molar-refractivity contribution in [2.75, 3.05) is 19.2 Å². The second-order valence-electron chi connectivity index (χ2n) is 9.47. The Bertz CT molecular complexity index is 1460. The van der Waals surface area contributed by atoms with Gasteiger partial charge in [0, 0.05) is 17.9 Å². The quantitative estimate of drug-likeness (QED) is 0.232. The number of alkyl halides is 3. The molecular formula is C30H27F4N3O3. The first kappa shape index (κ1) is 28.6. The maximum Gasteiger partial charge on any atom is 0.431 e. The first-order valence-electron chi connectivity index (χ1n) is 12.5. The van der Waals surface area contributed by atoms with Gasteiger partial charge in [0.15, 0.2) is 0 Å². The minimum atomic E-state index is -4.75. The molecule has 0 saturated carbocycles. The van der Waals surface area contributed by atoms with Crippen LogP contribution in [-0.2, 0) is 16.0 Å². The fourth-order valence-corrected chi connectivity index (χ4v) is 4.85. The highest BCUT2D eigenvalue weighted by molar-refractivity contribution is 5.96. The number of benzene rings is 3. The summed E-state index contributed by atoms with van der Waals surface area (Å²) in [6.45, 7) is 1.93. The summed E-state index contributed by atoms with van der Waals surface area (Å²) in [5.74, 6) is -1.79. The van der Waals surface area contributed by atoms with Gasteiger partial charge in [0.1, 0.15) is 17.3 Å². The molecule has 2 atom stereocenters. The highest BCUT2D eigenvalue weighted by atomic mass is 19.4. The number of halogens is 4. The number of nitriles is 1. The monoisotopic (exact) mass is 553 g/mol. The van der Waals surface area contributed by atoms with Crippen molar-refractivity contribution >= 4 is 17.4 Å². The summed E-state index contributed by atoms with van der Waals surface area (Å²) in [6, 6.07) is 17.8.